The molecule has 0 saturated carbocycles. The zero-order chi connectivity index (χ0) is 20.8. The van der Waals surface area contributed by atoms with Gasteiger partial charge in [0, 0.05) is 41.6 Å². The van der Waals surface area contributed by atoms with Crippen molar-refractivity contribution in [1.82, 2.24) is 5.32 Å². The molecule has 0 aliphatic heterocycles. The van der Waals surface area contributed by atoms with E-state index in [-0.39, 0.29) is 5.76 Å². The highest BCUT2D eigenvalue weighted by Crippen LogP contribution is 2.28. The van der Waals surface area contributed by atoms with Gasteiger partial charge in [-0.2, -0.15) is 0 Å². The molecule has 0 spiro atoms. The topological polar surface area (TPSA) is 73.9 Å². The molecule has 1 aliphatic carbocycles. The third-order valence-electron chi connectivity index (χ3n) is 4.58. The van der Waals surface area contributed by atoms with E-state index in [4.69, 9.17) is 17.3 Å². The Balaban J connectivity index is 0.000000292. The maximum atomic E-state index is 9.21. The lowest BCUT2D eigenvalue weighted by molar-refractivity contribution is 0.414. The van der Waals surface area contributed by atoms with E-state index in [0.29, 0.717) is 0 Å². The maximum Gasteiger partial charge on any atom is 0.113 e. The molecule has 0 radical (unpaired) electrons. The highest BCUT2D eigenvalue weighted by atomic mass is 35.5. The quantitative estimate of drug-likeness (QED) is 0.232. The van der Waals surface area contributed by atoms with E-state index in [1.165, 1.54) is 18.4 Å². The van der Waals surface area contributed by atoms with Crippen LogP contribution < -0.4 is 16.0 Å². The fourth-order valence-electron chi connectivity index (χ4n) is 3.07. The van der Waals surface area contributed by atoms with Crippen LogP contribution in [0.2, 0.25) is 5.02 Å². The lowest BCUT2D eigenvalue weighted by Crippen LogP contribution is -2.32. The Morgan fingerprint density at radius 2 is 1.93 bits per heavy atom. The van der Waals surface area contributed by atoms with E-state index in [0.717, 1.165) is 68.2 Å². The number of nitrogens with one attached hydrogen (secondary N) is 1. The number of nitrogens with zero attached hydrogens (tertiary/aromatic N) is 2. The second-order valence-corrected chi connectivity index (χ2v) is 7.10. The molecule has 156 valence electrons. The second-order valence-electron chi connectivity index (χ2n) is 6.66. The van der Waals surface area contributed by atoms with Crippen LogP contribution in [0.4, 0.5) is 5.69 Å². The predicted molar refractivity (Wildman–Crippen MR) is 122 cm³/mol. The number of aliphatic imine (C=N–C) groups is 1. The number of hydrogen-bond acceptors (Lipinski definition) is 4. The zero-order valence-electron chi connectivity index (χ0n) is 17.3. The molecule has 0 bridgehead atoms. The highest BCUT2D eigenvalue weighted by molar-refractivity contribution is 6.30. The van der Waals surface area contributed by atoms with Gasteiger partial charge in [0.2, 0.25) is 0 Å². The van der Waals surface area contributed by atoms with Gasteiger partial charge in [0.15, 0.2) is 0 Å². The van der Waals surface area contributed by atoms with E-state index in [1.54, 1.807) is 0 Å². The fraction of sp³-hybridized carbons (Fsp3) is 0.500. The van der Waals surface area contributed by atoms with Crippen LogP contribution in [0.25, 0.3) is 0 Å². The molecule has 2 rings (SSSR count). The van der Waals surface area contributed by atoms with Crippen molar-refractivity contribution in [2.24, 2.45) is 10.7 Å². The molecule has 4 N–H and O–H groups in total. The Labute approximate surface area is 175 Å². The van der Waals surface area contributed by atoms with Crippen molar-refractivity contribution in [2.45, 2.75) is 46.0 Å². The summed E-state index contributed by atoms with van der Waals surface area (Å²) in [6, 6.07) is 8.04. The summed E-state index contributed by atoms with van der Waals surface area (Å²) in [7, 11) is 0. The van der Waals surface area contributed by atoms with Crippen molar-refractivity contribution in [3.8, 4) is 0 Å². The molecule has 6 heteroatoms. The Kier molecular flexibility index (Phi) is 12.1. The minimum atomic E-state index is 0.135. The summed E-state index contributed by atoms with van der Waals surface area (Å²) in [5, 5.41) is 13.4. The number of nitrogens with two attached hydrogens (primary N) is 1. The molecule has 0 fully saturated rings. The largest absolute Gasteiger partial charge is 0.508 e. The molecule has 1 aromatic carbocycles. The highest BCUT2D eigenvalue weighted by Gasteiger charge is 2.13. The first-order chi connectivity index (χ1) is 13.5. The lowest BCUT2D eigenvalue weighted by Gasteiger charge is -2.23. The molecule has 1 aliphatic rings. The molecule has 0 unspecified atom stereocenters. The number of hydrogen-bond donors (Lipinski definition) is 3. The van der Waals surface area contributed by atoms with Gasteiger partial charge in [0.25, 0.3) is 0 Å². The Morgan fingerprint density at radius 3 is 2.50 bits per heavy atom. The van der Waals surface area contributed by atoms with Crippen LogP contribution in [0.5, 0.6) is 0 Å². The molecule has 1 aromatic rings. The number of halogens is 1. The van der Waals surface area contributed by atoms with Crippen LogP contribution in [0.15, 0.2) is 52.9 Å². The summed E-state index contributed by atoms with van der Waals surface area (Å²) in [5.74, 6) is 0.135. The summed E-state index contributed by atoms with van der Waals surface area (Å²) < 4.78 is 0. The first kappa shape index (κ1) is 24.1. The molecule has 0 saturated heterocycles. The lowest BCUT2D eigenvalue weighted by atomic mass is 9.95. The molecule has 28 heavy (non-hydrogen) atoms. The first-order valence-corrected chi connectivity index (χ1v) is 10.5. The van der Waals surface area contributed by atoms with Crippen molar-refractivity contribution in [1.29, 1.82) is 0 Å². The minimum absolute atomic E-state index is 0.135. The Bertz CT molecular complexity index is 640. The summed E-state index contributed by atoms with van der Waals surface area (Å²) in [6.07, 6.45) is 6.42. The standard InChI is InChI=1S/C13H21ClN2.C9H14N2O/c1-3-9-15-10-11-16(4-2)13-7-5-12(14)6-8-13;1-7(12)8-4-2-3-5-9(8)11-6-10/h5-8,15H,3-4,9-11H2,1-2H3;6,12H,1-5H2,(H2,10,11). The SMILES string of the molecule is C=C(O)C1=C(N=CN)CCCC1.CCCNCCN(CC)c1ccc(Cl)cc1. The normalized spacial score (nSPS) is 14.0. The summed E-state index contributed by atoms with van der Waals surface area (Å²) in [6.45, 7) is 12.0. The van der Waals surface area contributed by atoms with E-state index in [2.05, 4.69) is 47.8 Å². The van der Waals surface area contributed by atoms with Crippen LogP contribution in [0.1, 0.15) is 46.0 Å². The number of aliphatic hydroxyl groups excluding tert-OH is 1. The van der Waals surface area contributed by atoms with Gasteiger partial charge >= 0.3 is 0 Å². The van der Waals surface area contributed by atoms with Gasteiger partial charge in [0.1, 0.15) is 5.76 Å². The molecular formula is C22H35ClN4O. The third-order valence-corrected chi connectivity index (χ3v) is 4.83. The molecular weight excluding hydrogens is 372 g/mol. The number of likely N-dealkylation sites (N-methyl/N-ethyl adjacent to an activating group) is 1. The van der Waals surface area contributed by atoms with Crippen LogP contribution in [-0.4, -0.2) is 37.6 Å². The average molecular weight is 407 g/mol. The van der Waals surface area contributed by atoms with E-state index in [9.17, 15) is 5.11 Å². The molecule has 0 amide bonds. The van der Waals surface area contributed by atoms with Gasteiger partial charge < -0.3 is 21.1 Å². The minimum Gasteiger partial charge on any atom is -0.508 e. The van der Waals surface area contributed by atoms with Crippen molar-refractivity contribution < 1.29 is 5.11 Å². The fourth-order valence-corrected chi connectivity index (χ4v) is 3.20. The van der Waals surface area contributed by atoms with Crippen molar-refractivity contribution in [2.75, 3.05) is 31.1 Å². The number of allylic oxidation sites excluding steroid dienone is 2. The van der Waals surface area contributed by atoms with E-state index in [1.807, 2.05) is 12.1 Å². The molecule has 0 heterocycles. The van der Waals surface area contributed by atoms with Crippen LogP contribution in [0, 0.1) is 0 Å². The van der Waals surface area contributed by atoms with Crippen LogP contribution >= 0.6 is 11.6 Å². The number of aliphatic hydroxyl groups is 1. The van der Waals surface area contributed by atoms with Gasteiger partial charge in [0.05, 0.1) is 6.34 Å². The Morgan fingerprint density at radius 1 is 1.25 bits per heavy atom. The summed E-state index contributed by atoms with van der Waals surface area (Å²) >= 11 is 5.87. The van der Waals surface area contributed by atoms with Gasteiger partial charge in [-0.25, -0.2) is 4.99 Å². The predicted octanol–water partition coefficient (Wildman–Crippen LogP) is 5.04. The van der Waals surface area contributed by atoms with Crippen molar-refractivity contribution in [3.63, 3.8) is 0 Å². The Hall–Kier alpha value is -1.98. The molecule has 0 atom stereocenters. The van der Waals surface area contributed by atoms with Crippen molar-refractivity contribution >= 4 is 23.6 Å². The monoisotopic (exact) mass is 406 g/mol. The summed E-state index contributed by atoms with van der Waals surface area (Å²) in [4.78, 5) is 6.34. The van der Waals surface area contributed by atoms with Gasteiger partial charge in [-0.3, -0.25) is 0 Å². The molecule has 5 nitrogen and oxygen atoms in total. The number of benzene rings is 1. The van der Waals surface area contributed by atoms with Crippen molar-refractivity contribution in [3.05, 3.63) is 52.9 Å². The van der Waals surface area contributed by atoms with E-state index >= 15 is 0 Å². The van der Waals surface area contributed by atoms with Crippen LogP contribution in [-0.2, 0) is 0 Å². The second kappa shape index (κ2) is 14.1. The maximum absolute atomic E-state index is 9.21. The first-order valence-electron chi connectivity index (χ1n) is 10.1. The smallest absolute Gasteiger partial charge is 0.113 e. The molecule has 0 aromatic heterocycles. The van der Waals surface area contributed by atoms with E-state index < -0.39 is 0 Å². The van der Waals surface area contributed by atoms with Crippen LogP contribution in [0.3, 0.4) is 0 Å². The van der Waals surface area contributed by atoms with Gasteiger partial charge in [-0.05, 0) is 69.8 Å². The average Bonchev–Trinajstić information content (AvgIpc) is 2.70. The third kappa shape index (κ3) is 8.81. The number of rotatable bonds is 9. The van der Waals surface area contributed by atoms with Gasteiger partial charge in [-0.1, -0.05) is 25.1 Å². The zero-order valence-corrected chi connectivity index (χ0v) is 18.0. The van der Waals surface area contributed by atoms with Gasteiger partial charge in [-0.15, -0.1) is 0 Å². The summed E-state index contributed by atoms with van der Waals surface area (Å²) in [5.41, 5.74) is 8.17. The number of anilines is 1.